The third-order valence-corrected chi connectivity index (χ3v) is 2.56. The highest BCUT2D eigenvalue weighted by Gasteiger charge is 2.27. The molecule has 0 bridgehead atoms. The summed E-state index contributed by atoms with van der Waals surface area (Å²) in [6, 6.07) is 0.266. The van der Waals surface area contributed by atoms with Crippen LogP contribution in [-0.4, -0.2) is 16.8 Å². The zero-order valence-electron chi connectivity index (χ0n) is 8.41. The number of hydrogen-bond acceptors (Lipinski definition) is 4. The number of ketones is 1. The van der Waals surface area contributed by atoms with E-state index in [1.807, 2.05) is 13.8 Å². The summed E-state index contributed by atoms with van der Waals surface area (Å²) in [6.45, 7) is 3.88. The molecule has 4 nitrogen and oxygen atoms in total. The van der Waals surface area contributed by atoms with Crippen molar-refractivity contribution in [3.05, 3.63) is 17.8 Å². The molecule has 0 aliphatic carbocycles. The highest BCUT2D eigenvalue weighted by molar-refractivity contribution is 5.80. The molecule has 1 fully saturated rings. The Labute approximate surface area is 82.7 Å². The van der Waals surface area contributed by atoms with Crippen LogP contribution in [0, 0.1) is 6.92 Å². The summed E-state index contributed by atoms with van der Waals surface area (Å²) in [5.74, 6) is 1.09. The first-order valence-corrected chi connectivity index (χ1v) is 4.84. The topological polar surface area (TPSA) is 55.1 Å². The molecular weight excluding hydrogens is 180 g/mol. The molecule has 76 valence electrons. The molecule has 14 heavy (non-hydrogen) atoms. The summed E-state index contributed by atoms with van der Waals surface area (Å²) in [7, 11) is 0. The van der Waals surface area contributed by atoms with Crippen LogP contribution in [0.15, 0.2) is 10.8 Å². The summed E-state index contributed by atoms with van der Waals surface area (Å²) >= 11 is 0. The lowest BCUT2D eigenvalue weighted by atomic mass is 9.96. The molecule has 1 aromatic rings. The number of nitrogens with one attached hydrogen (secondary N) is 1. The number of Topliss-reactive ketones (excluding diaryl/α,β-unsaturated/α-hetero) is 1. The molecule has 0 aromatic carbocycles. The van der Waals surface area contributed by atoms with Gasteiger partial charge in [-0.1, -0.05) is 0 Å². The molecule has 2 rings (SSSR count). The van der Waals surface area contributed by atoms with Crippen molar-refractivity contribution in [1.82, 2.24) is 10.3 Å². The first kappa shape index (κ1) is 9.40. The van der Waals surface area contributed by atoms with Gasteiger partial charge in [0.15, 0.2) is 6.39 Å². The molecule has 1 saturated heterocycles. The van der Waals surface area contributed by atoms with Crippen molar-refractivity contribution < 1.29 is 9.21 Å². The Balaban J connectivity index is 2.19. The van der Waals surface area contributed by atoms with Crippen molar-refractivity contribution in [2.45, 2.75) is 38.8 Å². The smallest absolute Gasteiger partial charge is 0.181 e. The van der Waals surface area contributed by atoms with Gasteiger partial charge in [0, 0.05) is 18.9 Å². The Hall–Kier alpha value is -1.16. The molecule has 4 heteroatoms. The maximum absolute atomic E-state index is 11.4. The number of rotatable bonds is 1. The average molecular weight is 194 g/mol. The van der Waals surface area contributed by atoms with Crippen LogP contribution in [0.3, 0.4) is 0 Å². The Morgan fingerprint density at radius 2 is 2.36 bits per heavy atom. The van der Waals surface area contributed by atoms with E-state index in [-0.39, 0.29) is 12.1 Å². The van der Waals surface area contributed by atoms with Gasteiger partial charge in [-0.15, -0.1) is 0 Å². The van der Waals surface area contributed by atoms with E-state index in [1.165, 1.54) is 6.39 Å². The molecule has 1 aliphatic rings. The monoisotopic (exact) mass is 194 g/mol. The van der Waals surface area contributed by atoms with Gasteiger partial charge in [-0.25, -0.2) is 4.98 Å². The third-order valence-electron chi connectivity index (χ3n) is 2.56. The maximum Gasteiger partial charge on any atom is 0.181 e. The summed E-state index contributed by atoms with van der Waals surface area (Å²) in [5, 5.41) is 3.35. The zero-order valence-corrected chi connectivity index (χ0v) is 8.41. The molecule has 2 heterocycles. The summed E-state index contributed by atoms with van der Waals surface area (Å²) in [6.07, 6.45) is 2.57. The molecule has 2 atom stereocenters. The standard InChI is InChI=1S/C10H14N2O2/c1-6-3-8(13)4-9(12-6)10-7(2)14-5-11-10/h5-6,9,12H,3-4H2,1-2H3. The van der Waals surface area contributed by atoms with E-state index in [1.54, 1.807) is 0 Å². The van der Waals surface area contributed by atoms with Gasteiger partial charge in [-0.05, 0) is 13.8 Å². The van der Waals surface area contributed by atoms with E-state index >= 15 is 0 Å². The minimum atomic E-state index is 0.0324. The summed E-state index contributed by atoms with van der Waals surface area (Å²) in [5.41, 5.74) is 0.866. The van der Waals surface area contributed by atoms with Gasteiger partial charge in [-0.3, -0.25) is 4.79 Å². The molecule has 0 spiro atoms. The number of aromatic nitrogens is 1. The highest BCUT2D eigenvalue weighted by Crippen LogP contribution is 2.24. The van der Waals surface area contributed by atoms with Crippen LogP contribution >= 0.6 is 0 Å². The second kappa shape index (κ2) is 3.53. The van der Waals surface area contributed by atoms with Gasteiger partial charge in [0.05, 0.1) is 11.7 Å². The van der Waals surface area contributed by atoms with Gasteiger partial charge in [0.2, 0.25) is 0 Å². The van der Waals surface area contributed by atoms with Gasteiger partial charge >= 0.3 is 0 Å². The van der Waals surface area contributed by atoms with Crippen molar-refractivity contribution in [3.63, 3.8) is 0 Å². The van der Waals surface area contributed by atoms with Gasteiger partial charge in [0.25, 0.3) is 0 Å². The van der Waals surface area contributed by atoms with E-state index in [4.69, 9.17) is 4.42 Å². The second-order valence-corrected chi connectivity index (χ2v) is 3.86. The Bertz CT molecular complexity index is 346. The fourth-order valence-corrected chi connectivity index (χ4v) is 1.94. The molecule has 2 unspecified atom stereocenters. The van der Waals surface area contributed by atoms with E-state index in [0.29, 0.717) is 18.6 Å². The fraction of sp³-hybridized carbons (Fsp3) is 0.600. The van der Waals surface area contributed by atoms with Crippen LogP contribution < -0.4 is 5.32 Å². The van der Waals surface area contributed by atoms with Crippen molar-refractivity contribution in [2.24, 2.45) is 0 Å². The Morgan fingerprint density at radius 1 is 1.57 bits per heavy atom. The Morgan fingerprint density at radius 3 is 2.93 bits per heavy atom. The third kappa shape index (κ3) is 1.70. The minimum Gasteiger partial charge on any atom is -0.448 e. The molecule has 1 aliphatic heterocycles. The minimum absolute atomic E-state index is 0.0324. The molecule has 0 saturated carbocycles. The number of nitrogens with zero attached hydrogens (tertiary/aromatic N) is 1. The van der Waals surface area contributed by atoms with Crippen LogP contribution in [0.5, 0.6) is 0 Å². The van der Waals surface area contributed by atoms with Crippen LogP contribution in [0.2, 0.25) is 0 Å². The van der Waals surface area contributed by atoms with Crippen molar-refractivity contribution >= 4 is 5.78 Å². The SMILES string of the molecule is Cc1ocnc1C1CC(=O)CC(C)N1. The van der Waals surface area contributed by atoms with E-state index < -0.39 is 0 Å². The van der Waals surface area contributed by atoms with E-state index in [2.05, 4.69) is 10.3 Å². The predicted octanol–water partition coefficient (Wildman–Crippen LogP) is 1.37. The van der Waals surface area contributed by atoms with Crippen molar-refractivity contribution in [3.8, 4) is 0 Å². The number of aryl methyl sites for hydroxylation is 1. The van der Waals surface area contributed by atoms with E-state index in [0.717, 1.165) is 11.5 Å². The lowest BCUT2D eigenvalue weighted by molar-refractivity contribution is -0.121. The maximum atomic E-state index is 11.4. The fourth-order valence-electron chi connectivity index (χ4n) is 1.94. The number of hydrogen-bond donors (Lipinski definition) is 1. The first-order chi connectivity index (χ1) is 6.66. The number of carbonyl (C=O) groups is 1. The summed E-state index contributed by atoms with van der Waals surface area (Å²) < 4.78 is 5.13. The molecular formula is C10H14N2O2. The Kier molecular flexibility index (Phi) is 2.37. The average Bonchev–Trinajstić information content (AvgIpc) is 2.49. The lowest BCUT2D eigenvalue weighted by Gasteiger charge is -2.26. The normalized spacial score (nSPS) is 28.0. The van der Waals surface area contributed by atoms with E-state index in [9.17, 15) is 4.79 Å². The van der Waals surface area contributed by atoms with Gasteiger partial charge in [-0.2, -0.15) is 0 Å². The van der Waals surface area contributed by atoms with Crippen molar-refractivity contribution in [2.75, 3.05) is 0 Å². The van der Waals surface area contributed by atoms with Gasteiger partial charge < -0.3 is 9.73 Å². The van der Waals surface area contributed by atoms with Crippen LogP contribution in [-0.2, 0) is 4.79 Å². The molecule has 0 radical (unpaired) electrons. The largest absolute Gasteiger partial charge is 0.448 e. The lowest BCUT2D eigenvalue weighted by Crippen LogP contribution is -2.39. The number of piperidine rings is 1. The number of carbonyl (C=O) groups excluding carboxylic acids is 1. The van der Waals surface area contributed by atoms with Crippen LogP contribution in [0.25, 0.3) is 0 Å². The first-order valence-electron chi connectivity index (χ1n) is 4.84. The van der Waals surface area contributed by atoms with Crippen LogP contribution in [0.1, 0.15) is 37.3 Å². The highest BCUT2D eigenvalue weighted by atomic mass is 16.3. The predicted molar refractivity (Wildman–Crippen MR) is 50.8 cm³/mol. The summed E-state index contributed by atoms with van der Waals surface area (Å²) in [4.78, 5) is 15.5. The zero-order chi connectivity index (χ0) is 10.1. The van der Waals surface area contributed by atoms with Crippen LogP contribution in [0.4, 0.5) is 0 Å². The molecule has 1 N–H and O–H groups in total. The van der Waals surface area contributed by atoms with Crippen molar-refractivity contribution in [1.29, 1.82) is 0 Å². The molecule has 1 aromatic heterocycles. The molecule has 0 amide bonds. The van der Waals surface area contributed by atoms with Gasteiger partial charge in [0.1, 0.15) is 11.5 Å². The second-order valence-electron chi connectivity index (χ2n) is 3.86. The number of oxazole rings is 1. The quantitative estimate of drug-likeness (QED) is 0.733.